The van der Waals surface area contributed by atoms with Crippen molar-refractivity contribution in [2.45, 2.75) is 0 Å². The molecule has 0 aliphatic heterocycles. The molecule has 0 heterocycles. The van der Waals surface area contributed by atoms with Crippen LogP contribution in [0.2, 0.25) is 0 Å². The Morgan fingerprint density at radius 2 is 2.17 bits per heavy atom. The average molecular weight is 171 g/mol. The zero-order valence-electron chi connectivity index (χ0n) is 6.32. The van der Waals surface area contributed by atoms with Gasteiger partial charge in [-0.1, -0.05) is 6.08 Å². The van der Waals surface area contributed by atoms with Crippen molar-refractivity contribution in [1.29, 1.82) is 0 Å². The normalized spacial score (nSPS) is 9.67. The largest absolute Gasteiger partial charge is 0.478 e. The van der Waals surface area contributed by atoms with Crippen molar-refractivity contribution in [2.75, 3.05) is 6.54 Å². The van der Waals surface area contributed by atoms with Gasteiger partial charge in [0.1, 0.15) is 0 Å². The van der Waals surface area contributed by atoms with Crippen LogP contribution in [-0.2, 0) is 14.4 Å². The quantitative estimate of drug-likeness (QED) is 0.260. The van der Waals surface area contributed by atoms with Crippen LogP contribution >= 0.6 is 0 Å². The summed E-state index contributed by atoms with van der Waals surface area (Å²) in [7, 11) is 0. The third kappa shape index (κ3) is 6.50. The molecule has 0 rings (SSSR count). The maximum atomic E-state index is 10.6. The number of aliphatic carboxylic acids is 1. The minimum absolute atomic E-state index is 0.312. The second-order valence-corrected chi connectivity index (χ2v) is 1.73. The van der Waals surface area contributed by atoms with Gasteiger partial charge < -0.3 is 9.94 Å². The molecule has 0 saturated carbocycles. The lowest BCUT2D eigenvalue weighted by Gasteiger charge is -1.97. The van der Waals surface area contributed by atoms with Crippen LogP contribution in [0.15, 0.2) is 24.8 Å². The maximum Gasteiger partial charge on any atom is 0.349 e. The molecule has 0 fully saturated rings. The van der Waals surface area contributed by atoms with Gasteiger partial charge in [0.05, 0.1) is 0 Å². The van der Waals surface area contributed by atoms with Gasteiger partial charge in [0.2, 0.25) is 0 Å². The average Bonchev–Trinajstić information content (AvgIpc) is 2.01. The summed E-state index contributed by atoms with van der Waals surface area (Å²) in [6, 6.07) is 0. The van der Waals surface area contributed by atoms with E-state index in [1.54, 1.807) is 0 Å². The van der Waals surface area contributed by atoms with E-state index in [1.165, 1.54) is 6.08 Å². The Kier molecular flexibility index (Phi) is 5.29. The third-order valence-corrected chi connectivity index (χ3v) is 0.762. The molecule has 5 heteroatoms. The van der Waals surface area contributed by atoms with Crippen LogP contribution in [0.5, 0.6) is 0 Å². The highest BCUT2D eigenvalue weighted by atomic mass is 16.7. The number of hydrogen-bond donors (Lipinski definition) is 2. The van der Waals surface area contributed by atoms with Crippen molar-refractivity contribution in [3.63, 3.8) is 0 Å². The predicted octanol–water partition coefficient (Wildman–Crippen LogP) is -0.139. The Balaban J connectivity index is 3.59. The van der Waals surface area contributed by atoms with E-state index in [2.05, 4.69) is 16.9 Å². The lowest BCUT2D eigenvalue weighted by molar-refractivity contribution is -0.144. The number of nitrogens with one attached hydrogen (secondary N) is 1. The molecule has 2 N–H and O–H groups in total. The highest BCUT2D eigenvalue weighted by Crippen LogP contribution is 1.78. The zero-order chi connectivity index (χ0) is 9.40. The van der Waals surface area contributed by atoms with Crippen LogP contribution < -0.4 is 5.48 Å². The first-order valence-electron chi connectivity index (χ1n) is 3.12. The van der Waals surface area contributed by atoms with Crippen LogP contribution in [0.4, 0.5) is 0 Å². The summed E-state index contributed by atoms with van der Waals surface area (Å²) in [5.41, 5.74) is 2.25. The van der Waals surface area contributed by atoms with Gasteiger partial charge in [-0.25, -0.2) is 9.59 Å². The fourth-order valence-corrected chi connectivity index (χ4v) is 0.345. The summed E-state index contributed by atoms with van der Waals surface area (Å²) in [6.07, 6.45) is 2.99. The number of rotatable bonds is 5. The zero-order valence-corrected chi connectivity index (χ0v) is 6.32. The molecule has 0 amide bonds. The predicted molar refractivity (Wildman–Crippen MR) is 41.1 cm³/mol. The number of carboxylic acids is 1. The maximum absolute atomic E-state index is 10.6. The third-order valence-electron chi connectivity index (χ3n) is 0.762. The lowest BCUT2D eigenvalue weighted by Crippen LogP contribution is -2.18. The second-order valence-electron chi connectivity index (χ2n) is 1.73. The summed E-state index contributed by atoms with van der Waals surface area (Å²) in [4.78, 5) is 24.8. The second kappa shape index (κ2) is 6.11. The van der Waals surface area contributed by atoms with E-state index in [4.69, 9.17) is 5.11 Å². The van der Waals surface area contributed by atoms with Gasteiger partial charge in [-0.05, 0) is 0 Å². The lowest BCUT2D eigenvalue weighted by atomic mass is 10.5. The SMILES string of the molecule is C=CCNOC(=O)/C=C\C(=O)O. The summed E-state index contributed by atoms with van der Waals surface area (Å²) >= 11 is 0. The van der Waals surface area contributed by atoms with Crippen molar-refractivity contribution in [2.24, 2.45) is 0 Å². The van der Waals surface area contributed by atoms with E-state index >= 15 is 0 Å². The molecule has 0 aromatic heterocycles. The van der Waals surface area contributed by atoms with Gasteiger partial charge in [-0.3, -0.25) is 0 Å². The molecular formula is C7H9NO4. The molecule has 0 unspecified atom stereocenters. The number of hydrogen-bond acceptors (Lipinski definition) is 4. The Labute approximate surface area is 69.3 Å². The molecule has 0 spiro atoms. The first-order chi connectivity index (χ1) is 5.66. The van der Waals surface area contributed by atoms with Gasteiger partial charge in [0.25, 0.3) is 0 Å². The fraction of sp³-hybridized carbons (Fsp3) is 0.143. The number of carbonyl (C=O) groups excluding carboxylic acids is 1. The first kappa shape index (κ1) is 10.4. The summed E-state index contributed by atoms with van der Waals surface area (Å²) in [5.74, 6) is -1.96. The summed E-state index contributed by atoms with van der Waals surface area (Å²) in [6.45, 7) is 3.68. The van der Waals surface area contributed by atoms with Crippen LogP contribution in [-0.4, -0.2) is 23.6 Å². The summed E-state index contributed by atoms with van der Waals surface area (Å²) < 4.78 is 0. The minimum atomic E-state index is -1.20. The molecule has 0 aliphatic carbocycles. The minimum Gasteiger partial charge on any atom is -0.478 e. The molecule has 0 radical (unpaired) electrons. The van der Waals surface area contributed by atoms with Crippen molar-refractivity contribution in [1.82, 2.24) is 5.48 Å². The van der Waals surface area contributed by atoms with Crippen molar-refractivity contribution in [3.05, 3.63) is 24.8 Å². The fourth-order valence-electron chi connectivity index (χ4n) is 0.345. The Morgan fingerprint density at radius 3 is 2.67 bits per heavy atom. The molecule has 12 heavy (non-hydrogen) atoms. The van der Waals surface area contributed by atoms with E-state index in [1.807, 2.05) is 0 Å². The van der Waals surface area contributed by atoms with Crippen LogP contribution in [0.1, 0.15) is 0 Å². The Morgan fingerprint density at radius 1 is 1.50 bits per heavy atom. The van der Waals surface area contributed by atoms with E-state index in [0.717, 1.165) is 6.08 Å². The molecule has 0 saturated heterocycles. The number of hydroxylamine groups is 1. The van der Waals surface area contributed by atoms with E-state index < -0.39 is 11.9 Å². The topological polar surface area (TPSA) is 75.6 Å². The molecule has 0 aromatic carbocycles. The number of carbonyl (C=O) groups is 2. The number of carboxylic acid groups (broad SMARTS) is 1. The van der Waals surface area contributed by atoms with Crippen LogP contribution in [0, 0.1) is 0 Å². The molecule has 0 aliphatic rings. The van der Waals surface area contributed by atoms with Crippen molar-refractivity contribution < 1.29 is 19.5 Å². The Bertz CT molecular complexity index is 209. The van der Waals surface area contributed by atoms with Gasteiger partial charge in [0, 0.05) is 18.7 Å². The molecule has 0 atom stereocenters. The molecular weight excluding hydrogens is 162 g/mol. The van der Waals surface area contributed by atoms with E-state index in [9.17, 15) is 9.59 Å². The molecule has 0 bridgehead atoms. The molecule has 0 aromatic rings. The first-order valence-corrected chi connectivity index (χ1v) is 3.12. The molecule has 66 valence electrons. The van der Waals surface area contributed by atoms with Gasteiger partial charge in [-0.2, -0.15) is 0 Å². The van der Waals surface area contributed by atoms with Crippen molar-refractivity contribution >= 4 is 11.9 Å². The molecule has 5 nitrogen and oxygen atoms in total. The standard InChI is InChI=1S/C7H9NO4/c1-2-5-8-12-7(11)4-3-6(9)10/h2-4,8H,1,5H2,(H,9,10)/b4-3-. The van der Waals surface area contributed by atoms with Gasteiger partial charge >= 0.3 is 11.9 Å². The smallest absolute Gasteiger partial charge is 0.349 e. The highest BCUT2D eigenvalue weighted by molar-refractivity contribution is 5.90. The summed E-state index contributed by atoms with van der Waals surface area (Å²) in [5, 5.41) is 8.10. The van der Waals surface area contributed by atoms with Crippen LogP contribution in [0.25, 0.3) is 0 Å². The Hall–Kier alpha value is -1.62. The van der Waals surface area contributed by atoms with E-state index in [-0.39, 0.29) is 0 Å². The van der Waals surface area contributed by atoms with Gasteiger partial charge in [0.15, 0.2) is 0 Å². The van der Waals surface area contributed by atoms with E-state index in [0.29, 0.717) is 12.6 Å². The monoisotopic (exact) mass is 171 g/mol. The van der Waals surface area contributed by atoms with Gasteiger partial charge in [-0.15, -0.1) is 12.1 Å². The van der Waals surface area contributed by atoms with Crippen LogP contribution in [0.3, 0.4) is 0 Å². The highest BCUT2D eigenvalue weighted by Gasteiger charge is 1.95. The van der Waals surface area contributed by atoms with Crippen molar-refractivity contribution in [3.8, 4) is 0 Å².